The maximum atomic E-state index is 13.2. The van der Waals surface area contributed by atoms with E-state index in [0.717, 1.165) is 5.56 Å². The van der Waals surface area contributed by atoms with Gasteiger partial charge >= 0.3 is 0 Å². The minimum atomic E-state index is -1.27. The number of halogens is 1. The minimum absolute atomic E-state index is 0.0475. The van der Waals surface area contributed by atoms with Gasteiger partial charge in [0.25, 0.3) is 5.91 Å². The summed E-state index contributed by atoms with van der Waals surface area (Å²) in [7, 11) is 0. The van der Waals surface area contributed by atoms with Gasteiger partial charge in [0, 0.05) is 0 Å². The monoisotopic (exact) mass is 388 g/mol. The Morgan fingerprint density at radius 3 is 2.38 bits per heavy atom. The lowest BCUT2D eigenvalue weighted by Gasteiger charge is -2.30. The number of aromatic carboxylic acids is 1. The van der Waals surface area contributed by atoms with Crippen LogP contribution in [-0.2, 0) is 11.3 Å². The normalized spacial score (nSPS) is 14.4. The molecule has 0 aliphatic carbocycles. The Hall–Kier alpha value is -3.93. The highest BCUT2D eigenvalue weighted by Gasteiger charge is 2.30. The largest absolute Gasteiger partial charge is 0.545 e. The van der Waals surface area contributed by atoms with Crippen molar-refractivity contribution in [2.24, 2.45) is 0 Å². The Balaban J connectivity index is 1.69. The van der Waals surface area contributed by atoms with E-state index in [1.54, 1.807) is 59.5 Å². The van der Waals surface area contributed by atoms with Crippen molar-refractivity contribution in [3.63, 3.8) is 0 Å². The molecule has 5 nitrogen and oxygen atoms in total. The number of benzene rings is 3. The van der Waals surface area contributed by atoms with E-state index in [0.29, 0.717) is 17.0 Å². The molecule has 1 heterocycles. The standard InChI is InChI=1S/C23H16FNO4/c24-18-11-7-16(8-12-18)14-25-19-3-1-2-4-20(19)29-21(22(25)26)13-15-5-9-17(10-6-15)23(27)28/h1-13H,14H2,(H,27,28)/p-1. The number of hydrogen-bond acceptors (Lipinski definition) is 4. The van der Waals surface area contributed by atoms with Gasteiger partial charge in [-0.15, -0.1) is 0 Å². The average Bonchev–Trinajstić information content (AvgIpc) is 2.73. The molecule has 29 heavy (non-hydrogen) atoms. The van der Waals surface area contributed by atoms with Gasteiger partial charge in [-0.3, -0.25) is 9.69 Å². The van der Waals surface area contributed by atoms with Crippen LogP contribution < -0.4 is 14.7 Å². The summed E-state index contributed by atoms with van der Waals surface area (Å²) in [6.45, 7) is 0.250. The summed E-state index contributed by atoms with van der Waals surface area (Å²) in [5, 5.41) is 10.9. The van der Waals surface area contributed by atoms with Crippen LogP contribution in [-0.4, -0.2) is 11.9 Å². The first-order chi connectivity index (χ1) is 14.0. The summed E-state index contributed by atoms with van der Waals surface area (Å²) in [6.07, 6.45) is 1.55. The fourth-order valence-electron chi connectivity index (χ4n) is 3.06. The van der Waals surface area contributed by atoms with Crippen molar-refractivity contribution in [2.45, 2.75) is 6.54 Å². The van der Waals surface area contributed by atoms with E-state index >= 15 is 0 Å². The lowest BCUT2D eigenvalue weighted by Crippen LogP contribution is -2.36. The molecule has 0 bridgehead atoms. The Morgan fingerprint density at radius 1 is 1.00 bits per heavy atom. The topological polar surface area (TPSA) is 69.7 Å². The van der Waals surface area contributed by atoms with E-state index in [2.05, 4.69) is 0 Å². The quantitative estimate of drug-likeness (QED) is 0.644. The third kappa shape index (κ3) is 3.87. The Bertz CT molecular complexity index is 1100. The number of amides is 1. The van der Waals surface area contributed by atoms with E-state index in [-0.39, 0.29) is 29.6 Å². The number of carboxylic acid groups (broad SMARTS) is 1. The van der Waals surface area contributed by atoms with E-state index in [4.69, 9.17) is 4.74 Å². The average molecular weight is 388 g/mol. The van der Waals surface area contributed by atoms with Gasteiger partial charge in [0.2, 0.25) is 0 Å². The molecule has 1 aliphatic rings. The van der Waals surface area contributed by atoms with Crippen LogP contribution in [0.1, 0.15) is 21.5 Å². The molecule has 0 aromatic heterocycles. The Labute approximate surface area is 166 Å². The maximum absolute atomic E-state index is 13.2. The molecule has 0 atom stereocenters. The predicted octanol–water partition coefficient (Wildman–Crippen LogP) is 3.16. The third-order valence-corrected chi connectivity index (χ3v) is 4.53. The molecule has 3 aromatic rings. The van der Waals surface area contributed by atoms with Crippen LogP contribution in [0.5, 0.6) is 5.75 Å². The molecule has 4 rings (SSSR count). The van der Waals surface area contributed by atoms with Gasteiger partial charge in [-0.05, 0) is 47.0 Å². The van der Waals surface area contributed by atoms with Gasteiger partial charge in [-0.2, -0.15) is 0 Å². The van der Waals surface area contributed by atoms with Crippen LogP contribution in [0.15, 0.2) is 78.6 Å². The molecule has 1 amide bonds. The fraction of sp³-hybridized carbons (Fsp3) is 0.0435. The van der Waals surface area contributed by atoms with Crippen molar-refractivity contribution in [1.29, 1.82) is 0 Å². The zero-order valence-electron chi connectivity index (χ0n) is 15.2. The molecule has 0 spiro atoms. The molecule has 1 aliphatic heterocycles. The fourth-order valence-corrected chi connectivity index (χ4v) is 3.06. The van der Waals surface area contributed by atoms with E-state index in [9.17, 15) is 19.1 Å². The number of rotatable bonds is 4. The highest BCUT2D eigenvalue weighted by molar-refractivity contribution is 6.09. The molecule has 0 unspecified atom stereocenters. The van der Waals surface area contributed by atoms with E-state index in [1.807, 2.05) is 0 Å². The number of ether oxygens (including phenoxy) is 1. The second-order valence-corrected chi connectivity index (χ2v) is 6.51. The summed E-state index contributed by atoms with van der Waals surface area (Å²) < 4.78 is 19.0. The molecule has 0 fully saturated rings. The van der Waals surface area contributed by atoms with Gasteiger partial charge in [0.05, 0.1) is 18.2 Å². The first-order valence-corrected chi connectivity index (χ1v) is 8.87. The van der Waals surface area contributed by atoms with Crippen molar-refractivity contribution in [2.75, 3.05) is 4.90 Å². The molecule has 3 aromatic carbocycles. The van der Waals surface area contributed by atoms with Crippen LogP contribution in [0.4, 0.5) is 10.1 Å². The van der Waals surface area contributed by atoms with Gasteiger partial charge in [-0.1, -0.05) is 48.5 Å². The van der Waals surface area contributed by atoms with Crippen molar-refractivity contribution in [3.05, 3.63) is 101 Å². The number of carboxylic acids is 1. The van der Waals surface area contributed by atoms with Crippen molar-refractivity contribution in [1.82, 2.24) is 0 Å². The smallest absolute Gasteiger partial charge is 0.294 e. The summed E-state index contributed by atoms with van der Waals surface area (Å²) in [4.78, 5) is 25.6. The van der Waals surface area contributed by atoms with Crippen LogP contribution in [0.2, 0.25) is 0 Å². The molecule has 0 radical (unpaired) electrons. The molecule has 6 heteroatoms. The summed E-state index contributed by atoms with van der Waals surface area (Å²) in [5.41, 5.74) is 2.05. The van der Waals surface area contributed by atoms with Crippen molar-refractivity contribution in [3.8, 4) is 5.75 Å². The van der Waals surface area contributed by atoms with Gasteiger partial charge in [-0.25, -0.2) is 4.39 Å². The Kier molecular flexibility index (Phi) is 4.83. The molecule has 144 valence electrons. The van der Waals surface area contributed by atoms with Gasteiger partial charge in [0.1, 0.15) is 5.82 Å². The van der Waals surface area contributed by atoms with Gasteiger partial charge in [0.15, 0.2) is 11.5 Å². The first-order valence-electron chi connectivity index (χ1n) is 8.87. The lowest BCUT2D eigenvalue weighted by atomic mass is 10.1. The number of nitrogens with zero attached hydrogens (tertiary/aromatic N) is 1. The minimum Gasteiger partial charge on any atom is -0.545 e. The Morgan fingerprint density at radius 2 is 1.69 bits per heavy atom. The maximum Gasteiger partial charge on any atom is 0.294 e. The molecule has 0 saturated carbocycles. The van der Waals surface area contributed by atoms with Crippen LogP contribution in [0.3, 0.4) is 0 Å². The summed E-state index contributed by atoms with van der Waals surface area (Å²) >= 11 is 0. The highest BCUT2D eigenvalue weighted by Crippen LogP contribution is 2.36. The molecular weight excluding hydrogens is 373 g/mol. The first kappa shape index (κ1) is 18.4. The van der Waals surface area contributed by atoms with Crippen LogP contribution in [0, 0.1) is 5.82 Å². The number of hydrogen-bond donors (Lipinski definition) is 0. The zero-order valence-corrected chi connectivity index (χ0v) is 15.2. The third-order valence-electron chi connectivity index (χ3n) is 4.53. The summed E-state index contributed by atoms with van der Waals surface area (Å²) in [5.74, 6) is -1.34. The zero-order chi connectivity index (χ0) is 20.4. The van der Waals surface area contributed by atoms with Crippen molar-refractivity contribution >= 4 is 23.6 Å². The number of carbonyl (C=O) groups excluding carboxylic acids is 2. The highest BCUT2D eigenvalue weighted by atomic mass is 19.1. The van der Waals surface area contributed by atoms with Crippen LogP contribution in [0.25, 0.3) is 6.08 Å². The molecular formula is C23H15FNO4-. The molecule has 0 saturated heterocycles. The number of para-hydroxylation sites is 2. The second-order valence-electron chi connectivity index (χ2n) is 6.51. The number of fused-ring (bicyclic) bond motifs is 1. The predicted molar refractivity (Wildman–Crippen MR) is 103 cm³/mol. The van der Waals surface area contributed by atoms with E-state index in [1.165, 1.54) is 24.3 Å². The van der Waals surface area contributed by atoms with Gasteiger partial charge < -0.3 is 14.6 Å². The SMILES string of the molecule is O=C([O-])c1ccc(C=C2Oc3ccccc3N(Cc3ccc(F)cc3)C2=O)cc1. The van der Waals surface area contributed by atoms with Crippen LogP contribution >= 0.6 is 0 Å². The van der Waals surface area contributed by atoms with Crippen molar-refractivity contribution < 1.29 is 23.8 Å². The van der Waals surface area contributed by atoms with E-state index < -0.39 is 5.97 Å². The summed E-state index contributed by atoms with van der Waals surface area (Å²) in [6, 6.07) is 19.0. The lowest BCUT2D eigenvalue weighted by molar-refractivity contribution is -0.255. The number of carbonyl (C=O) groups is 2. The second kappa shape index (κ2) is 7.59. The number of anilines is 1. The molecule has 0 N–H and O–H groups in total.